The molecule has 0 aliphatic carbocycles. The van der Waals surface area contributed by atoms with Gasteiger partial charge in [-0.25, -0.2) is 0 Å². The summed E-state index contributed by atoms with van der Waals surface area (Å²) in [4.78, 5) is 14.2. The van der Waals surface area contributed by atoms with Gasteiger partial charge in [0.25, 0.3) is 5.91 Å². The van der Waals surface area contributed by atoms with Crippen molar-refractivity contribution in [3.05, 3.63) is 66.4 Å². The molecule has 0 atom stereocenters. The predicted octanol–water partition coefficient (Wildman–Crippen LogP) is 4.44. The van der Waals surface area contributed by atoms with Crippen LogP contribution in [-0.4, -0.2) is 36.6 Å². The van der Waals surface area contributed by atoms with Crippen LogP contribution in [0.2, 0.25) is 0 Å². The molecule has 156 valence electrons. The van der Waals surface area contributed by atoms with Gasteiger partial charge in [0.1, 0.15) is 5.75 Å². The molecule has 0 radical (unpaired) electrons. The molecule has 3 rings (SSSR count). The normalized spacial score (nSPS) is 11.0. The molecule has 1 amide bonds. The number of hydrogen-bond donors (Lipinski definition) is 2. The number of hydrogen-bond acceptors (Lipinski definition) is 6. The first kappa shape index (κ1) is 20.9. The van der Waals surface area contributed by atoms with E-state index in [-0.39, 0.29) is 5.56 Å². The highest BCUT2D eigenvalue weighted by Gasteiger charge is 2.31. The number of nitrogens with one attached hydrogen (secondary N) is 2. The number of halogens is 3. The molecule has 0 fully saturated rings. The van der Waals surface area contributed by atoms with E-state index in [1.165, 1.54) is 12.1 Å². The van der Waals surface area contributed by atoms with Gasteiger partial charge in [0.05, 0.1) is 11.9 Å². The fraction of sp³-hybridized carbons (Fsp3) is 0.150. The summed E-state index contributed by atoms with van der Waals surface area (Å²) in [6.07, 6.45) is -3.19. The van der Waals surface area contributed by atoms with E-state index in [9.17, 15) is 18.0 Å². The molecular formula is C20H18F3N5O2. The van der Waals surface area contributed by atoms with Crippen LogP contribution in [0.5, 0.6) is 5.75 Å². The number of nitrogens with zero attached hydrogens (tertiary/aromatic N) is 3. The van der Waals surface area contributed by atoms with Gasteiger partial charge in [0.2, 0.25) is 0 Å². The van der Waals surface area contributed by atoms with Gasteiger partial charge in [-0.15, -0.1) is 18.3 Å². The van der Waals surface area contributed by atoms with E-state index in [2.05, 4.69) is 25.6 Å². The molecule has 0 unspecified atom stereocenters. The lowest BCUT2D eigenvalue weighted by atomic mass is 10.2. The number of carbonyl (C=O) groups excluding carboxylic acids is 1. The zero-order valence-electron chi connectivity index (χ0n) is 16.1. The Morgan fingerprint density at radius 3 is 2.40 bits per heavy atom. The smallest absolute Gasteiger partial charge is 0.406 e. The third-order valence-corrected chi connectivity index (χ3v) is 3.90. The Hall–Kier alpha value is -3.82. The van der Waals surface area contributed by atoms with Crippen LogP contribution < -0.4 is 20.3 Å². The van der Waals surface area contributed by atoms with Gasteiger partial charge in [-0.3, -0.25) is 4.79 Å². The second-order valence-corrected chi connectivity index (χ2v) is 6.43. The van der Waals surface area contributed by atoms with Crippen molar-refractivity contribution < 1.29 is 22.7 Å². The molecule has 0 saturated carbocycles. The van der Waals surface area contributed by atoms with Crippen LogP contribution in [0.15, 0.2) is 60.8 Å². The largest absolute Gasteiger partial charge is 0.573 e. The molecule has 0 aliphatic rings. The van der Waals surface area contributed by atoms with Gasteiger partial charge in [0, 0.05) is 37.1 Å². The Labute approximate surface area is 170 Å². The van der Waals surface area contributed by atoms with E-state index >= 15 is 0 Å². The van der Waals surface area contributed by atoms with E-state index in [1.807, 2.05) is 25.1 Å². The van der Waals surface area contributed by atoms with E-state index in [4.69, 9.17) is 0 Å². The highest BCUT2D eigenvalue weighted by atomic mass is 19.4. The minimum Gasteiger partial charge on any atom is -0.406 e. The lowest BCUT2D eigenvalue weighted by Gasteiger charge is -2.13. The van der Waals surface area contributed by atoms with Crippen molar-refractivity contribution in [3.63, 3.8) is 0 Å². The van der Waals surface area contributed by atoms with E-state index in [0.29, 0.717) is 11.5 Å². The van der Waals surface area contributed by atoms with Crippen molar-refractivity contribution in [1.82, 2.24) is 10.2 Å². The fourth-order valence-corrected chi connectivity index (χ4v) is 2.48. The summed E-state index contributed by atoms with van der Waals surface area (Å²) in [6.45, 7) is 0. The van der Waals surface area contributed by atoms with Crippen LogP contribution in [0.1, 0.15) is 10.4 Å². The minimum absolute atomic E-state index is 0.0368. The summed E-state index contributed by atoms with van der Waals surface area (Å²) in [6, 6.07) is 13.4. The Morgan fingerprint density at radius 1 is 1.03 bits per heavy atom. The van der Waals surface area contributed by atoms with Crippen LogP contribution >= 0.6 is 0 Å². The maximum absolute atomic E-state index is 12.3. The second kappa shape index (κ2) is 8.68. The number of aromatic nitrogens is 2. The molecule has 2 aromatic carbocycles. The van der Waals surface area contributed by atoms with E-state index < -0.39 is 18.0 Å². The molecule has 1 heterocycles. The molecule has 0 aliphatic heterocycles. The molecule has 0 spiro atoms. The van der Waals surface area contributed by atoms with Gasteiger partial charge < -0.3 is 20.3 Å². The van der Waals surface area contributed by atoms with Crippen LogP contribution in [0.3, 0.4) is 0 Å². The van der Waals surface area contributed by atoms with Gasteiger partial charge >= 0.3 is 6.36 Å². The number of rotatable bonds is 6. The third kappa shape index (κ3) is 5.84. The van der Waals surface area contributed by atoms with Crippen molar-refractivity contribution in [2.24, 2.45) is 0 Å². The first-order valence-corrected chi connectivity index (χ1v) is 8.74. The highest BCUT2D eigenvalue weighted by Crippen LogP contribution is 2.24. The second-order valence-electron chi connectivity index (χ2n) is 6.43. The monoisotopic (exact) mass is 417 g/mol. The van der Waals surface area contributed by atoms with Crippen molar-refractivity contribution in [2.75, 3.05) is 29.6 Å². The Morgan fingerprint density at radius 2 is 1.73 bits per heavy atom. The predicted molar refractivity (Wildman–Crippen MR) is 107 cm³/mol. The van der Waals surface area contributed by atoms with Crippen LogP contribution in [0, 0.1) is 0 Å². The minimum atomic E-state index is -4.83. The SMILES string of the molecule is CN(C)c1cnnc(Nc2ccc(NC(=O)c3cccc(OC(F)(F)F)c3)cc2)c1. The maximum atomic E-state index is 12.3. The standard InChI is InChI=1S/C20H18F3N5O2/c1-28(2)16-11-18(27-24-12-16)25-14-6-8-15(9-7-14)26-19(29)13-4-3-5-17(10-13)30-20(21,22)23/h3-12H,1-2H3,(H,25,27)(H,26,29). The van der Waals surface area contributed by atoms with E-state index in [1.54, 1.807) is 30.5 Å². The van der Waals surface area contributed by atoms with Crippen LogP contribution in [0.25, 0.3) is 0 Å². The molecule has 7 nitrogen and oxygen atoms in total. The summed E-state index contributed by atoms with van der Waals surface area (Å²) >= 11 is 0. The Kier molecular flexibility index (Phi) is 6.05. The highest BCUT2D eigenvalue weighted by molar-refractivity contribution is 6.04. The number of anilines is 4. The van der Waals surface area contributed by atoms with Gasteiger partial charge in [-0.1, -0.05) is 6.07 Å². The first-order valence-electron chi connectivity index (χ1n) is 8.74. The number of ether oxygens (including phenoxy) is 1. The van der Waals surface area contributed by atoms with Crippen LogP contribution in [0.4, 0.5) is 36.1 Å². The Balaban J connectivity index is 1.65. The molecule has 3 aromatic rings. The number of benzene rings is 2. The van der Waals surface area contributed by atoms with Gasteiger partial charge in [0.15, 0.2) is 5.82 Å². The van der Waals surface area contributed by atoms with Crippen molar-refractivity contribution >= 4 is 28.8 Å². The summed E-state index contributed by atoms with van der Waals surface area (Å²) in [5.41, 5.74) is 2.11. The number of carbonyl (C=O) groups is 1. The van der Waals surface area contributed by atoms with Crippen LogP contribution in [-0.2, 0) is 0 Å². The fourth-order valence-electron chi connectivity index (χ4n) is 2.48. The molecular weight excluding hydrogens is 399 g/mol. The van der Waals surface area contributed by atoms with E-state index in [0.717, 1.165) is 23.5 Å². The topological polar surface area (TPSA) is 79.4 Å². The molecule has 0 saturated heterocycles. The molecule has 1 aromatic heterocycles. The zero-order valence-corrected chi connectivity index (χ0v) is 16.1. The average Bonchev–Trinajstić information content (AvgIpc) is 2.68. The maximum Gasteiger partial charge on any atom is 0.573 e. The van der Waals surface area contributed by atoms with Crippen molar-refractivity contribution in [3.8, 4) is 5.75 Å². The molecule has 0 bridgehead atoms. The molecule has 2 N–H and O–H groups in total. The lowest BCUT2D eigenvalue weighted by molar-refractivity contribution is -0.274. The van der Waals surface area contributed by atoms with Crippen molar-refractivity contribution in [1.29, 1.82) is 0 Å². The number of alkyl halides is 3. The first-order chi connectivity index (χ1) is 14.2. The Bertz CT molecular complexity index is 1020. The average molecular weight is 417 g/mol. The summed E-state index contributed by atoms with van der Waals surface area (Å²) in [5.74, 6) is -0.469. The molecule has 30 heavy (non-hydrogen) atoms. The molecule has 10 heteroatoms. The lowest BCUT2D eigenvalue weighted by Crippen LogP contribution is -2.18. The number of amides is 1. The summed E-state index contributed by atoms with van der Waals surface area (Å²) in [7, 11) is 3.78. The van der Waals surface area contributed by atoms with Crippen molar-refractivity contribution in [2.45, 2.75) is 6.36 Å². The van der Waals surface area contributed by atoms with Gasteiger partial charge in [-0.2, -0.15) is 5.10 Å². The third-order valence-electron chi connectivity index (χ3n) is 3.90. The zero-order chi connectivity index (χ0) is 21.7. The quantitative estimate of drug-likeness (QED) is 0.618. The van der Waals surface area contributed by atoms with Gasteiger partial charge in [-0.05, 0) is 42.5 Å². The summed E-state index contributed by atoms with van der Waals surface area (Å²) < 4.78 is 40.8. The summed E-state index contributed by atoms with van der Waals surface area (Å²) in [5, 5.41) is 13.7.